The maximum atomic E-state index is 9.72. The molecule has 0 spiro atoms. The van der Waals surface area contributed by atoms with Crippen LogP contribution in [0.15, 0.2) is 5.16 Å². The second-order valence-electron chi connectivity index (χ2n) is 4.68. The number of nitrogens with zero attached hydrogens (tertiary/aromatic N) is 2. The van der Waals surface area contributed by atoms with Gasteiger partial charge in [-0.15, -0.1) is 0 Å². The summed E-state index contributed by atoms with van der Waals surface area (Å²) in [6, 6.07) is 0. The van der Waals surface area contributed by atoms with E-state index in [0.717, 1.165) is 38.9 Å². The lowest BCUT2D eigenvalue weighted by molar-refractivity contribution is 0.0287. The minimum Gasteiger partial charge on any atom is -0.409 e. The first kappa shape index (κ1) is 13.3. The number of unbranched alkanes of at least 4 members (excludes halogenated alkanes) is 1. The standard InChI is InChI=1S/C11H23N3O2/c1-9-5-7-14(8-10(9)15)6-3-2-4-11(12)13-16/h9-10,15-16H,2-8H2,1H3,(H2,12,13). The number of piperidine rings is 1. The number of nitrogens with two attached hydrogens (primary N) is 1. The molecular formula is C11H23N3O2. The van der Waals surface area contributed by atoms with Gasteiger partial charge < -0.3 is 20.9 Å². The molecule has 0 aromatic heterocycles. The van der Waals surface area contributed by atoms with Gasteiger partial charge in [0, 0.05) is 13.0 Å². The van der Waals surface area contributed by atoms with E-state index in [1.165, 1.54) is 0 Å². The van der Waals surface area contributed by atoms with Crippen molar-refractivity contribution in [2.45, 2.75) is 38.7 Å². The average molecular weight is 229 g/mol. The highest BCUT2D eigenvalue weighted by Crippen LogP contribution is 2.17. The molecule has 1 fully saturated rings. The van der Waals surface area contributed by atoms with E-state index in [1.54, 1.807) is 0 Å². The van der Waals surface area contributed by atoms with Crippen molar-refractivity contribution in [1.29, 1.82) is 0 Å². The molecule has 0 aliphatic carbocycles. The van der Waals surface area contributed by atoms with Crippen molar-refractivity contribution >= 4 is 5.84 Å². The summed E-state index contributed by atoms with van der Waals surface area (Å²) >= 11 is 0. The van der Waals surface area contributed by atoms with Crippen LogP contribution in [0.2, 0.25) is 0 Å². The van der Waals surface area contributed by atoms with E-state index in [1.807, 2.05) is 0 Å². The third kappa shape index (κ3) is 4.37. The number of aliphatic hydroxyl groups is 1. The number of likely N-dealkylation sites (tertiary alicyclic amines) is 1. The summed E-state index contributed by atoms with van der Waals surface area (Å²) in [6.45, 7) is 4.94. The summed E-state index contributed by atoms with van der Waals surface area (Å²) in [5.41, 5.74) is 5.38. The van der Waals surface area contributed by atoms with Crippen LogP contribution in [0.3, 0.4) is 0 Å². The molecule has 16 heavy (non-hydrogen) atoms. The van der Waals surface area contributed by atoms with Crippen LogP contribution >= 0.6 is 0 Å². The van der Waals surface area contributed by atoms with Crippen molar-refractivity contribution in [1.82, 2.24) is 4.90 Å². The average Bonchev–Trinajstić information content (AvgIpc) is 2.28. The highest BCUT2D eigenvalue weighted by Gasteiger charge is 2.23. The van der Waals surface area contributed by atoms with E-state index in [0.29, 0.717) is 18.2 Å². The van der Waals surface area contributed by atoms with Crippen LogP contribution in [0.25, 0.3) is 0 Å². The Labute approximate surface area is 96.9 Å². The molecule has 1 heterocycles. The lowest BCUT2D eigenvalue weighted by Crippen LogP contribution is -2.43. The molecule has 0 radical (unpaired) electrons. The van der Waals surface area contributed by atoms with Crippen LogP contribution in [0.4, 0.5) is 0 Å². The molecule has 0 aromatic rings. The molecule has 0 aromatic carbocycles. The fourth-order valence-corrected chi connectivity index (χ4v) is 2.01. The number of aliphatic hydroxyl groups excluding tert-OH is 1. The topological polar surface area (TPSA) is 82.1 Å². The molecule has 94 valence electrons. The zero-order valence-electron chi connectivity index (χ0n) is 9.97. The number of hydrogen-bond donors (Lipinski definition) is 3. The van der Waals surface area contributed by atoms with Gasteiger partial charge in [0.15, 0.2) is 0 Å². The van der Waals surface area contributed by atoms with Gasteiger partial charge in [0.1, 0.15) is 5.84 Å². The molecule has 4 N–H and O–H groups in total. The number of rotatable bonds is 5. The maximum Gasteiger partial charge on any atom is 0.139 e. The highest BCUT2D eigenvalue weighted by molar-refractivity contribution is 5.79. The molecule has 1 aliphatic heterocycles. The van der Waals surface area contributed by atoms with Crippen molar-refractivity contribution in [3.05, 3.63) is 0 Å². The molecule has 2 unspecified atom stereocenters. The predicted octanol–water partition coefficient (Wildman–Crippen LogP) is 0.606. The van der Waals surface area contributed by atoms with Gasteiger partial charge in [0.05, 0.1) is 6.10 Å². The molecular weight excluding hydrogens is 206 g/mol. The smallest absolute Gasteiger partial charge is 0.139 e. The Kier molecular flexibility index (Phi) is 5.55. The Morgan fingerprint density at radius 2 is 2.25 bits per heavy atom. The molecule has 0 saturated carbocycles. The fraction of sp³-hybridized carbons (Fsp3) is 0.909. The molecule has 2 atom stereocenters. The van der Waals surface area contributed by atoms with E-state index >= 15 is 0 Å². The largest absolute Gasteiger partial charge is 0.409 e. The van der Waals surface area contributed by atoms with Crippen molar-refractivity contribution in [3.8, 4) is 0 Å². The minimum atomic E-state index is -0.183. The molecule has 0 amide bonds. The first-order valence-corrected chi connectivity index (χ1v) is 6.00. The second-order valence-corrected chi connectivity index (χ2v) is 4.68. The fourth-order valence-electron chi connectivity index (χ4n) is 2.01. The van der Waals surface area contributed by atoms with Gasteiger partial charge in [-0.25, -0.2) is 0 Å². The van der Waals surface area contributed by atoms with Crippen molar-refractivity contribution in [2.24, 2.45) is 16.8 Å². The van der Waals surface area contributed by atoms with Gasteiger partial charge >= 0.3 is 0 Å². The quantitative estimate of drug-likeness (QED) is 0.212. The Bertz CT molecular complexity index is 233. The highest BCUT2D eigenvalue weighted by atomic mass is 16.4. The third-order valence-electron chi connectivity index (χ3n) is 3.29. The summed E-state index contributed by atoms with van der Waals surface area (Å²) in [4.78, 5) is 2.29. The second kappa shape index (κ2) is 6.70. The van der Waals surface area contributed by atoms with Crippen LogP contribution in [-0.4, -0.2) is 46.8 Å². The summed E-state index contributed by atoms with van der Waals surface area (Å²) in [5.74, 6) is 0.723. The van der Waals surface area contributed by atoms with Crippen molar-refractivity contribution < 1.29 is 10.3 Å². The lowest BCUT2D eigenvalue weighted by Gasteiger charge is -2.34. The molecule has 5 heteroatoms. The SMILES string of the molecule is CC1CCN(CCCCC(N)=NO)CC1O. The lowest BCUT2D eigenvalue weighted by atomic mass is 9.96. The summed E-state index contributed by atoms with van der Waals surface area (Å²) in [5, 5.41) is 21.0. The van der Waals surface area contributed by atoms with E-state index in [9.17, 15) is 5.11 Å². The van der Waals surface area contributed by atoms with Crippen LogP contribution in [-0.2, 0) is 0 Å². The summed E-state index contributed by atoms with van der Waals surface area (Å²) in [6.07, 6.45) is 3.48. The number of amidine groups is 1. The van der Waals surface area contributed by atoms with Crippen LogP contribution < -0.4 is 5.73 Å². The third-order valence-corrected chi connectivity index (χ3v) is 3.29. The summed E-state index contributed by atoms with van der Waals surface area (Å²) < 4.78 is 0. The van der Waals surface area contributed by atoms with Gasteiger partial charge in [0.2, 0.25) is 0 Å². The first-order chi connectivity index (χ1) is 7.63. The van der Waals surface area contributed by atoms with E-state index in [4.69, 9.17) is 10.9 Å². The molecule has 0 bridgehead atoms. The Hall–Kier alpha value is -0.810. The van der Waals surface area contributed by atoms with Crippen LogP contribution in [0, 0.1) is 5.92 Å². The molecule has 5 nitrogen and oxygen atoms in total. The Morgan fingerprint density at radius 3 is 2.88 bits per heavy atom. The molecule has 1 aliphatic rings. The number of hydrogen-bond acceptors (Lipinski definition) is 4. The van der Waals surface area contributed by atoms with Crippen molar-refractivity contribution in [3.63, 3.8) is 0 Å². The Balaban J connectivity index is 2.10. The van der Waals surface area contributed by atoms with Gasteiger partial charge in [-0.1, -0.05) is 12.1 Å². The minimum absolute atomic E-state index is 0.183. The Morgan fingerprint density at radius 1 is 1.50 bits per heavy atom. The normalized spacial score (nSPS) is 28.2. The van der Waals surface area contributed by atoms with E-state index < -0.39 is 0 Å². The maximum absolute atomic E-state index is 9.72. The zero-order chi connectivity index (χ0) is 12.0. The molecule has 1 saturated heterocycles. The van der Waals surface area contributed by atoms with E-state index in [-0.39, 0.29) is 6.10 Å². The van der Waals surface area contributed by atoms with Gasteiger partial charge in [-0.05, 0) is 38.3 Å². The van der Waals surface area contributed by atoms with Gasteiger partial charge in [-0.2, -0.15) is 0 Å². The van der Waals surface area contributed by atoms with Gasteiger partial charge in [-0.3, -0.25) is 0 Å². The predicted molar refractivity (Wildman–Crippen MR) is 63.5 cm³/mol. The number of oxime groups is 1. The van der Waals surface area contributed by atoms with Crippen LogP contribution in [0.1, 0.15) is 32.6 Å². The van der Waals surface area contributed by atoms with Crippen molar-refractivity contribution in [2.75, 3.05) is 19.6 Å². The monoisotopic (exact) mass is 229 g/mol. The zero-order valence-corrected chi connectivity index (χ0v) is 9.97. The first-order valence-electron chi connectivity index (χ1n) is 6.00. The summed E-state index contributed by atoms with van der Waals surface area (Å²) in [7, 11) is 0. The van der Waals surface area contributed by atoms with Gasteiger partial charge in [0.25, 0.3) is 0 Å². The number of β-amino-alcohol motifs (C(OH)–C–C–N with tert-alkyl or cyclic N) is 1. The van der Waals surface area contributed by atoms with E-state index in [2.05, 4.69) is 17.0 Å². The van der Waals surface area contributed by atoms with Crippen LogP contribution in [0.5, 0.6) is 0 Å². The molecule has 1 rings (SSSR count).